The summed E-state index contributed by atoms with van der Waals surface area (Å²) in [5.74, 6) is -0.479. The molecule has 0 spiro atoms. The van der Waals surface area contributed by atoms with Crippen molar-refractivity contribution in [3.05, 3.63) is 29.6 Å². The second kappa shape index (κ2) is 4.70. The fraction of sp³-hybridized carbons (Fsp3) is 0.111. The zero-order valence-corrected chi connectivity index (χ0v) is 8.73. The molecular formula is C9H9FN2O2S. The minimum absolute atomic E-state index is 0.000836. The quantitative estimate of drug-likeness (QED) is 0.755. The van der Waals surface area contributed by atoms with Crippen molar-refractivity contribution in [1.82, 2.24) is 0 Å². The Morgan fingerprint density at radius 1 is 1.60 bits per heavy atom. The van der Waals surface area contributed by atoms with E-state index in [1.54, 1.807) is 0 Å². The van der Waals surface area contributed by atoms with Crippen LogP contribution in [0.5, 0.6) is 0 Å². The zero-order valence-electron chi connectivity index (χ0n) is 7.91. The highest BCUT2D eigenvalue weighted by molar-refractivity contribution is 7.80. The molecule has 0 heterocycles. The van der Waals surface area contributed by atoms with E-state index < -0.39 is 11.9 Å². The molecule has 0 saturated heterocycles. The molecule has 4 nitrogen and oxygen atoms in total. The third-order valence-corrected chi connectivity index (χ3v) is 1.89. The van der Waals surface area contributed by atoms with Gasteiger partial charge in [-0.3, -0.25) is 5.32 Å². The van der Waals surface area contributed by atoms with E-state index in [0.29, 0.717) is 5.69 Å². The molecule has 0 aliphatic carbocycles. The molecule has 1 rings (SSSR count). The van der Waals surface area contributed by atoms with Gasteiger partial charge in [-0.05, 0) is 18.2 Å². The third-order valence-electron chi connectivity index (χ3n) is 1.67. The smallest absolute Gasteiger partial charge is 0.411 e. The first-order chi connectivity index (χ1) is 7.04. The summed E-state index contributed by atoms with van der Waals surface area (Å²) < 4.78 is 17.3. The van der Waals surface area contributed by atoms with Crippen LogP contribution < -0.4 is 11.1 Å². The summed E-state index contributed by atoms with van der Waals surface area (Å²) in [6.45, 7) is 0. The summed E-state index contributed by atoms with van der Waals surface area (Å²) in [5, 5.41) is 2.37. The molecule has 80 valence electrons. The fourth-order valence-electron chi connectivity index (χ4n) is 0.990. The van der Waals surface area contributed by atoms with Gasteiger partial charge in [0.05, 0.1) is 12.8 Å². The van der Waals surface area contributed by atoms with Crippen LogP contribution in [0.25, 0.3) is 0 Å². The number of carbonyl (C=O) groups is 1. The van der Waals surface area contributed by atoms with E-state index in [1.165, 1.54) is 19.2 Å². The second-order valence-electron chi connectivity index (χ2n) is 2.67. The van der Waals surface area contributed by atoms with Gasteiger partial charge in [0.1, 0.15) is 10.8 Å². The first-order valence-electron chi connectivity index (χ1n) is 3.99. The Bertz CT molecular complexity index is 409. The number of thiocarbonyl (C=S) groups is 1. The van der Waals surface area contributed by atoms with Crippen LogP contribution in [0.15, 0.2) is 18.2 Å². The summed E-state index contributed by atoms with van der Waals surface area (Å²) in [6, 6.07) is 3.70. The molecule has 0 aliphatic rings. The highest BCUT2D eigenvalue weighted by atomic mass is 32.1. The van der Waals surface area contributed by atoms with Crippen LogP contribution in [0.2, 0.25) is 0 Å². The average molecular weight is 228 g/mol. The van der Waals surface area contributed by atoms with Crippen molar-refractivity contribution in [2.75, 3.05) is 12.4 Å². The molecule has 1 aromatic carbocycles. The lowest BCUT2D eigenvalue weighted by Crippen LogP contribution is -2.17. The molecule has 6 heteroatoms. The predicted octanol–water partition coefficient (Wildman–Crippen LogP) is 1.64. The minimum Gasteiger partial charge on any atom is -0.453 e. The van der Waals surface area contributed by atoms with Crippen molar-refractivity contribution in [1.29, 1.82) is 0 Å². The number of amides is 1. The monoisotopic (exact) mass is 228 g/mol. The Morgan fingerprint density at radius 3 is 2.80 bits per heavy atom. The van der Waals surface area contributed by atoms with Crippen LogP contribution in [-0.2, 0) is 4.74 Å². The standard InChI is InChI=1S/C9H9FN2O2S/c1-14-9(13)12-7-3-2-5(10)4-6(7)8(11)15/h2-4H,1H3,(H2,11,15)(H,12,13). The van der Waals surface area contributed by atoms with Crippen LogP contribution in [-0.4, -0.2) is 18.2 Å². The third kappa shape index (κ3) is 2.88. The highest BCUT2D eigenvalue weighted by Crippen LogP contribution is 2.17. The molecule has 1 aromatic rings. The average Bonchev–Trinajstić information content (AvgIpc) is 2.20. The first-order valence-corrected chi connectivity index (χ1v) is 4.39. The van der Waals surface area contributed by atoms with Gasteiger partial charge in [-0.1, -0.05) is 12.2 Å². The van der Waals surface area contributed by atoms with E-state index in [1.807, 2.05) is 0 Å². The van der Waals surface area contributed by atoms with Gasteiger partial charge in [0.2, 0.25) is 0 Å². The first kappa shape index (κ1) is 11.4. The van der Waals surface area contributed by atoms with Gasteiger partial charge in [0.25, 0.3) is 0 Å². The summed E-state index contributed by atoms with van der Waals surface area (Å²) >= 11 is 4.72. The van der Waals surface area contributed by atoms with E-state index in [-0.39, 0.29) is 10.6 Å². The Balaban J connectivity index is 3.06. The lowest BCUT2D eigenvalue weighted by atomic mass is 10.1. The molecular weight excluding hydrogens is 219 g/mol. The molecule has 0 radical (unpaired) electrons. The van der Waals surface area contributed by atoms with Crippen molar-refractivity contribution in [3.8, 4) is 0 Å². The molecule has 0 bridgehead atoms. The zero-order chi connectivity index (χ0) is 11.4. The van der Waals surface area contributed by atoms with Gasteiger partial charge in [-0.2, -0.15) is 0 Å². The van der Waals surface area contributed by atoms with E-state index in [0.717, 1.165) is 6.07 Å². The lowest BCUT2D eigenvalue weighted by Gasteiger charge is -2.08. The van der Waals surface area contributed by atoms with Gasteiger partial charge < -0.3 is 10.5 Å². The van der Waals surface area contributed by atoms with Crippen LogP contribution in [0, 0.1) is 5.82 Å². The Morgan fingerprint density at radius 2 is 2.27 bits per heavy atom. The summed E-state index contributed by atoms with van der Waals surface area (Å²) in [5.41, 5.74) is 5.95. The maximum atomic E-state index is 12.9. The van der Waals surface area contributed by atoms with Crippen LogP contribution in [0.1, 0.15) is 5.56 Å². The van der Waals surface area contributed by atoms with Crippen LogP contribution in [0.4, 0.5) is 14.9 Å². The SMILES string of the molecule is COC(=O)Nc1ccc(F)cc1C(N)=S. The second-order valence-corrected chi connectivity index (χ2v) is 3.11. The number of methoxy groups -OCH3 is 1. The van der Waals surface area contributed by atoms with Crippen molar-refractivity contribution in [2.45, 2.75) is 0 Å². The Kier molecular flexibility index (Phi) is 3.56. The maximum absolute atomic E-state index is 12.9. The van der Waals surface area contributed by atoms with Gasteiger partial charge >= 0.3 is 6.09 Å². The number of hydrogen-bond acceptors (Lipinski definition) is 3. The Labute approximate surface area is 91.2 Å². The van der Waals surface area contributed by atoms with Crippen molar-refractivity contribution in [2.24, 2.45) is 5.73 Å². The van der Waals surface area contributed by atoms with Gasteiger partial charge in [-0.25, -0.2) is 9.18 Å². The molecule has 0 atom stereocenters. The molecule has 1 amide bonds. The minimum atomic E-state index is -0.667. The van der Waals surface area contributed by atoms with E-state index in [9.17, 15) is 9.18 Å². The van der Waals surface area contributed by atoms with E-state index >= 15 is 0 Å². The summed E-state index contributed by atoms with van der Waals surface area (Å²) in [6.07, 6.45) is -0.667. The lowest BCUT2D eigenvalue weighted by molar-refractivity contribution is 0.187. The largest absolute Gasteiger partial charge is 0.453 e. The highest BCUT2D eigenvalue weighted by Gasteiger charge is 2.09. The van der Waals surface area contributed by atoms with E-state index in [4.69, 9.17) is 18.0 Å². The molecule has 0 aliphatic heterocycles. The van der Waals surface area contributed by atoms with Crippen LogP contribution >= 0.6 is 12.2 Å². The normalized spacial score (nSPS) is 9.47. The number of nitrogens with two attached hydrogens (primary N) is 1. The van der Waals surface area contributed by atoms with Gasteiger partial charge in [-0.15, -0.1) is 0 Å². The summed E-state index contributed by atoms with van der Waals surface area (Å²) in [7, 11) is 1.22. The maximum Gasteiger partial charge on any atom is 0.411 e. The topological polar surface area (TPSA) is 64.3 Å². The number of rotatable bonds is 2. The molecule has 0 fully saturated rings. The Hall–Kier alpha value is -1.69. The van der Waals surface area contributed by atoms with Crippen molar-refractivity contribution < 1.29 is 13.9 Å². The molecule has 15 heavy (non-hydrogen) atoms. The van der Waals surface area contributed by atoms with Crippen LogP contribution in [0.3, 0.4) is 0 Å². The summed E-state index contributed by atoms with van der Waals surface area (Å²) in [4.78, 5) is 10.9. The fourth-order valence-corrected chi connectivity index (χ4v) is 1.16. The number of hydrogen-bond donors (Lipinski definition) is 2. The number of halogens is 1. The number of carbonyl (C=O) groups excluding carboxylic acids is 1. The van der Waals surface area contributed by atoms with E-state index in [2.05, 4.69) is 10.1 Å². The predicted molar refractivity (Wildman–Crippen MR) is 58.3 cm³/mol. The number of ether oxygens (including phenoxy) is 1. The van der Waals surface area contributed by atoms with Gasteiger partial charge in [0, 0.05) is 5.56 Å². The molecule has 0 aromatic heterocycles. The van der Waals surface area contributed by atoms with Crippen molar-refractivity contribution >= 4 is 29.0 Å². The molecule has 0 saturated carbocycles. The van der Waals surface area contributed by atoms with Gasteiger partial charge in [0.15, 0.2) is 0 Å². The van der Waals surface area contributed by atoms with Crippen molar-refractivity contribution in [3.63, 3.8) is 0 Å². The molecule has 0 unspecified atom stereocenters. The number of nitrogens with one attached hydrogen (secondary N) is 1. The molecule has 3 N–H and O–H groups in total. The number of anilines is 1. The number of benzene rings is 1.